The minimum atomic E-state index is -0.911. The van der Waals surface area contributed by atoms with E-state index in [4.69, 9.17) is 18.9 Å². The number of amides is 1. The third kappa shape index (κ3) is 5.70. The number of methoxy groups -OCH3 is 1. The largest absolute Gasteiger partial charge is 0.507 e. The summed E-state index contributed by atoms with van der Waals surface area (Å²) in [5.41, 5.74) is 1.32. The summed E-state index contributed by atoms with van der Waals surface area (Å²) in [5.74, 6) is 0.175. The zero-order valence-corrected chi connectivity index (χ0v) is 22.8. The molecular formula is C31H33NO7. The van der Waals surface area contributed by atoms with Crippen LogP contribution in [-0.4, -0.2) is 43.2 Å². The molecule has 4 rings (SSSR count). The Hall–Kier alpha value is -4.46. The predicted octanol–water partition coefficient (Wildman–Crippen LogP) is 5.91. The van der Waals surface area contributed by atoms with E-state index >= 15 is 0 Å². The lowest BCUT2D eigenvalue weighted by atomic mass is 9.94. The van der Waals surface area contributed by atoms with E-state index in [1.54, 1.807) is 66.7 Å². The molecule has 8 nitrogen and oxygen atoms in total. The van der Waals surface area contributed by atoms with E-state index in [-0.39, 0.29) is 23.0 Å². The molecule has 3 aromatic rings. The summed E-state index contributed by atoms with van der Waals surface area (Å²) in [7, 11) is 1.53. The van der Waals surface area contributed by atoms with Gasteiger partial charge in [0.1, 0.15) is 28.8 Å². The molecule has 0 bridgehead atoms. The highest BCUT2D eigenvalue weighted by Crippen LogP contribution is 2.44. The van der Waals surface area contributed by atoms with Gasteiger partial charge in [-0.05, 0) is 69.7 Å². The third-order valence-corrected chi connectivity index (χ3v) is 6.16. The topological polar surface area (TPSA) is 94.5 Å². The second kappa shape index (κ2) is 11.9. The Kier molecular flexibility index (Phi) is 8.44. The van der Waals surface area contributed by atoms with E-state index in [1.165, 1.54) is 12.0 Å². The molecule has 1 fully saturated rings. The molecule has 1 amide bonds. The van der Waals surface area contributed by atoms with Crippen LogP contribution in [-0.2, 0) is 9.59 Å². The zero-order valence-electron chi connectivity index (χ0n) is 22.8. The summed E-state index contributed by atoms with van der Waals surface area (Å²) >= 11 is 0. The lowest BCUT2D eigenvalue weighted by Crippen LogP contribution is -2.29. The molecule has 39 heavy (non-hydrogen) atoms. The number of ether oxygens (including phenoxy) is 4. The van der Waals surface area contributed by atoms with Crippen LogP contribution in [0.1, 0.15) is 44.9 Å². The maximum Gasteiger partial charge on any atom is 0.300 e. The first-order valence-corrected chi connectivity index (χ1v) is 12.9. The number of carbonyl (C=O) groups excluding carboxylic acids is 2. The summed E-state index contributed by atoms with van der Waals surface area (Å²) in [6.45, 7) is 8.33. The zero-order chi connectivity index (χ0) is 28.1. The fraction of sp³-hybridized carbons (Fsp3) is 0.290. The van der Waals surface area contributed by atoms with Gasteiger partial charge in [0.05, 0.1) is 43.6 Å². The standard InChI is InChI=1S/C31H33NO7/c1-6-37-24-15-16-25(26(18-24)38-7-2)29(33)27-28(20-11-13-22(14-12-20)39-19(3)4)32(31(35)30(27)34)21-9-8-10-23(17-21)36-5/h8-19,28,33H,6-7H2,1-5H3/b29-27-. The number of aliphatic hydroxyl groups is 1. The fourth-order valence-electron chi connectivity index (χ4n) is 4.55. The number of ketones is 1. The van der Waals surface area contributed by atoms with E-state index in [0.717, 1.165) is 0 Å². The van der Waals surface area contributed by atoms with Crippen LogP contribution in [0.2, 0.25) is 0 Å². The summed E-state index contributed by atoms with van der Waals surface area (Å²) in [6, 6.07) is 18.1. The van der Waals surface area contributed by atoms with Crippen molar-refractivity contribution in [3.05, 3.63) is 83.4 Å². The van der Waals surface area contributed by atoms with Crippen molar-refractivity contribution >= 4 is 23.1 Å². The molecule has 1 aliphatic heterocycles. The van der Waals surface area contributed by atoms with Crippen LogP contribution in [0.25, 0.3) is 5.76 Å². The first-order chi connectivity index (χ1) is 18.8. The number of benzene rings is 3. The predicted molar refractivity (Wildman–Crippen MR) is 149 cm³/mol. The molecule has 0 spiro atoms. The van der Waals surface area contributed by atoms with Crippen LogP contribution < -0.4 is 23.8 Å². The van der Waals surface area contributed by atoms with Crippen molar-refractivity contribution in [3.63, 3.8) is 0 Å². The number of aliphatic hydroxyl groups excluding tert-OH is 1. The van der Waals surface area contributed by atoms with Crippen LogP contribution in [0.15, 0.2) is 72.3 Å². The average molecular weight is 532 g/mol. The van der Waals surface area contributed by atoms with Gasteiger partial charge in [0, 0.05) is 17.8 Å². The lowest BCUT2D eigenvalue weighted by Gasteiger charge is -2.26. The van der Waals surface area contributed by atoms with Gasteiger partial charge in [0.25, 0.3) is 11.7 Å². The van der Waals surface area contributed by atoms with Crippen molar-refractivity contribution in [1.82, 2.24) is 0 Å². The molecule has 1 heterocycles. The van der Waals surface area contributed by atoms with Crippen LogP contribution in [0.5, 0.6) is 23.0 Å². The molecule has 1 atom stereocenters. The van der Waals surface area contributed by atoms with Crippen molar-refractivity contribution in [2.24, 2.45) is 0 Å². The molecule has 0 aliphatic carbocycles. The molecule has 1 saturated heterocycles. The number of hydrogen-bond donors (Lipinski definition) is 1. The quantitative estimate of drug-likeness (QED) is 0.198. The highest BCUT2D eigenvalue weighted by molar-refractivity contribution is 6.51. The Labute approximate surface area is 228 Å². The number of nitrogens with zero attached hydrogens (tertiary/aromatic N) is 1. The van der Waals surface area contributed by atoms with E-state index in [2.05, 4.69) is 0 Å². The molecule has 1 N–H and O–H groups in total. The smallest absolute Gasteiger partial charge is 0.300 e. The summed E-state index contributed by atoms with van der Waals surface area (Å²) in [5, 5.41) is 11.6. The van der Waals surface area contributed by atoms with Gasteiger partial charge in [-0.15, -0.1) is 0 Å². The number of anilines is 1. The van der Waals surface area contributed by atoms with E-state index in [0.29, 0.717) is 47.5 Å². The third-order valence-electron chi connectivity index (χ3n) is 6.16. The Morgan fingerprint density at radius 3 is 2.23 bits per heavy atom. The second-order valence-electron chi connectivity index (χ2n) is 9.13. The fourth-order valence-corrected chi connectivity index (χ4v) is 4.55. The maximum atomic E-state index is 13.6. The van der Waals surface area contributed by atoms with Gasteiger partial charge < -0.3 is 24.1 Å². The highest BCUT2D eigenvalue weighted by atomic mass is 16.5. The van der Waals surface area contributed by atoms with Crippen molar-refractivity contribution in [3.8, 4) is 23.0 Å². The molecule has 8 heteroatoms. The van der Waals surface area contributed by atoms with Crippen molar-refractivity contribution in [2.45, 2.75) is 39.8 Å². The van der Waals surface area contributed by atoms with Gasteiger partial charge in [-0.2, -0.15) is 0 Å². The van der Waals surface area contributed by atoms with Gasteiger partial charge in [-0.25, -0.2) is 0 Å². The van der Waals surface area contributed by atoms with Crippen LogP contribution in [0.4, 0.5) is 5.69 Å². The van der Waals surface area contributed by atoms with E-state index < -0.39 is 17.7 Å². The van der Waals surface area contributed by atoms with Gasteiger partial charge in [0.15, 0.2) is 0 Å². The number of carbonyl (C=O) groups is 2. The van der Waals surface area contributed by atoms with Gasteiger partial charge in [-0.3, -0.25) is 14.5 Å². The minimum absolute atomic E-state index is 0.0186. The molecule has 1 unspecified atom stereocenters. The monoisotopic (exact) mass is 531 g/mol. The second-order valence-corrected chi connectivity index (χ2v) is 9.13. The van der Waals surface area contributed by atoms with Gasteiger partial charge in [0.2, 0.25) is 0 Å². The molecule has 204 valence electrons. The maximum absolute atomic E-state index is 13.6. The summed E-state index contributed by atoms with van der Waals surface area (Å²) in [6.07, 6.45) is -0.0186. The average Bonchev–Trinajstić information content (AvgIpc) is 3.19. The van der Waals surface area contributed by atoms with Crippen molar-refractivity contribution in [1.29, 1.82) is 0 Å². The van der Waals surface area contributed by atoms with Crippen molar-refractivity contribution in [2.75, 3.05) is 25.2 Å². The molecular weight excluding hydrogens is 498 g/mol. The number of hydrogen-bond acceptors (Lipinski definition) is 7. The first-order valence-electron chi connectivity index (χ1n) is 12.9. The first kappa shape index (κ1) is 27.6. The normalized spacial score (nSPS) is 16.5. The Balaban J connectivity index is 1.92. The Morgan fingerprint density at radius 1 is 0.897 bits per heavy atom. The number of Topliss-reactive ketones (excluding diaryl/α,β-unsaturated/α-hetero) is 1. The summed E-state index contributed by atoms with van der Waals surface area (Å²) in [4.78, 5) is 28.5. The van der Waals surface area contributed by atoms with Gasteiger partial charge in [-0.1, -0.05) is 18.2 Å². The summed E-state index contributed by atoms with van der Waals surface area (Å²) < 4.78 is 22.5. The number of rotatable bonds is 10. The molecule has 3 aromatic carbocycles. The van der Waals surface area contributed by atoms with Crippen LogP contribution >= 0.6 is 0 Å². The highest BCUT2D eigenvalue weighted by Gasteiger charge is 2.47. The van der Waals surface area contributed by atoms with E-state index in [1.807, 2.05) is 27.7 Å². The Bertz CT molecular complexity index is 1380. The lowest BCUT2D eigenvalue weighted by molar-refractivity contribution is -0.132. The molecule has 1 aliphatic rings. The SMILES string of the molecule is CCOc1ccc(/C(O)=C2/C(=O)C(=O)N(c3cccc(OC)c3)C2c2ccc(OC(C)C)cc2)c(OCC)c1. The molecule has 0 aromatic heterocycles. The van der Waals surface area contributed by atoms with Crippen LogP contribution in [0, 0.1) is 0 Å². The minimum Gasteiger partial charge on any atom is -0.507 e. The molecule has 0 radical (unpaired) electrons. The van der Waals surface area contributed by atoms with E-state index in [9.17, 15) is 14.7 Å². The van der Waals surface area contributed by atoms with Crippen molar-refractivity contribution < 1.29 is 33.6 Å². The van der Waals surface area contributed by atoms with Crippen LogP contribution in [0.3, 0.4) is 0 Å². The molecule has 0 saturated carbocycles. The van der Waals surface area contributed by atoms with Gasteiger partial charge >= 0.3 is 0 Å². The Morgan fingerprint density at radius 2 is 1.59 bits per heavy atom.